The summed E-state index contributed by atoms with van der Waals surface area (Å²) >= 11 is 6.01. The van der Waals surface area contributed by atoms with Crippen molar-refractivity contribution in [2.45, 2.75) is 13.8 Å². The van der Waals surface area contributed by atoms with E-state index in [0.29, 0.717) is 11.0 Å². The Hall–Kier alpha value is -2.59. The first-order valence-corrected chi connectivity index (χ1v) is 7.69. The molecule has 2 aromatic carbocycles. The summed E-state index contributed by atoms with van der Waals surface area (Å²) < 4.78 is 0. The number of nitrogens with one attached hydrogen (secondary N) is 2. The topological polar surface area (TPSA) is 49.8 Å². The van der Waals surface area contributed by atoms with E-state index in [0.717, 1.165) is 28.5 Å². The van der Waals surface area contributed by atoms with E-state index in [1.165, 1.54) is 0 Å². The van der Waals surface area contributed by atoms with Crippen LogP contribution in [-0.4, -0.2) is 9.97 Å². The number of aromatic nitrogens is 2. The molecule has 0 spiro atoms. The molecule has 0 amide bonds. The van der Waals surface area contributed by atoms with Crippen LogP contribution in [0, 0.1) is 13.8 Å². The van der Waals surface area contributed by atoms with Gasteiger partial charge in [0.25, 0.3) is 0 Å². The van der Waals surface area contributed by atoms with Crippen molar-refractivity contribution in [3.63, 3.8) is 0 Å². The van der Waals surface area contributed by atoms with Gasteiger partial charge in [-0.25, -0.2) is 4.98 Å². The second-order valence-corrected chi connectivity index (χ2v) is 5.73. The second kappa shape index (κ2) is 6.67. The number of benzene rings is 2. The third kappa shape index (κ3) is 3.99. The summed E-state index contributed by atoms with van der Waals surface area (Å²) in [7, 11) is 0. The summed E-state index contributed by atoms with van der Waals surface area (Å²) in [6.07, 6.45) is 0. The number of hydrogen-bond acceptors (Lipinski definition) is 4. The minimum Gasteiger partial charge on any atom is -0.340 e. The van der Waals surface area contributed by atoms with Crippen LogP contribution in [0.1, 0.15) is 11.3 Å². The number of anilines is 4. The molecule has 3 rings (SSSR count). The van der Waals surface area contributed by atoms with E-state index in [1.807, 2.05) is 68.4 Å². The molecule has 0 aliphatic carbocycles. The largest absolute Gasteiger partial charge is 0.340 e. The Balaban J connectivity index is 1.86. The SMILES string of the molecule is Cc1cc(Nc2cccc(Cl)c2)nc(Nc2ccccc2C)n1. The lowest BCUT2D eigenvalue weighted by molar-refractivity contribution is 1.10. The predicted octanol–water partition coefficient (Wildman–Crippen LogP) is 5.23. The summed E-state index contributed by atoms with van der Waals surface area (Å²) in [5.41, 5.74) is 3.90. The highest BCUT2D eigenvalue weighted by molar-refractivity contribution is 6.30. The van der Waals surface area contributed by atoms with Gasteiger partial charge in [0.2, 0.25) is 5.95 Å². The molecular weight excluding hydrogens is 308 g/mol. The van der Waals surface area contributed by atoms with Gasteiger partial charge in [0.15, 0.2) is 0 Å². The average Bonchev–Trinajstić information content (AvgIpc) is 2.49. The first-order valence-electron chi connectivity index (χ1n) is 7.31. The van der Waals surface area contributed by atoms with Gasteiger partial charge in [-0.05, 0) is 43.7 Å². The number of rotatable bonds is 4. The molecule has 0 saturated heterocycles. The third-order valence-corrected chi connectivity index (χ3v) is 3.58. The third-order valence-electron chi connectivity index (χ3n) is 3.34. The monoisotopic (exact) mass is 324 g/mol. The van der Waals surface area contributed by atoms with E-state index in [1.54, 1.807) is 0 Å². The van der Waals surface area contributed by atoms with Gasteiger partial charge in [0, 0.05) is 28.2 Å². The first-order chi connectivity index (χ1) is 11.1. The average molecular weight is 325 g/mol. The highest BCUT2D eigenvalue weighted by atomic mass is 35.5. The maximum absolute atomic E-state index is 6.01. The molecule has 0 aliphatic rings. The van der Waals surface area contributed by atoms with Crippen molar-refractivity contribution in [2.75, 3.05) is 10.6 Å². The van der Waals surface area contributed by atoms with Crippen molar-refractivity contribution in [3.05, 3.63) is 70.9 Å². The fourth-order valence-corrected chi connectivity index (χ4v) is 2.43. The number of halogens is 1. The van der Waals surface area contributed by atoms with Crippen molar-refractivity contribution < 1.29 is 0 Å². The quantitative estimate of drug-likeness (QED) is 0.689. The summed E-state index contributed by atoms with van der Waals surface area (Å²) in [5.74, 6) is 1.28. The summed E-state index contributed by atoms with van der Waals surface area (Å²) in [6, 6.07) is 17.5. The molecular formula is C18H17ClN4. The lowest BCUT2D eigenvalue weighted by atomic mass is 10.2. The standard InChI is InChI=1S/C18H17ClN4/c1-12-6-3-4-9-16(12)22-18-20-13(2)10-17(23-18)21-15-8-5-7-14(19)11-15/h3-11H,1-2H3,(H2,20,21,22,23). The van der Waals surface area contributed by atoms with Crippen molar-refractivity contribution >= 4 is 34.7 Å². The van der Waals surface area contributed by atoms with Crippen LogP contribution in [-0.2, 0) is 0 Å². The molecule has 0 aliphatic heterocycles. The van der Waals surface area contributed by atoms with Crippen LogP contribution in [0.5, 0.6) is 0 Å². The van der Waals surface area contributed by atoms with Crippen molar-refractivity contribution in [3.8, 4) is 0 Å². The molecule has 0 bridgehead atoms. The maximum Gasteiger partial charge on any atom is 0.229 e. The molecule has 0 fully saturated rings. The van der Waals surface area contributed by atoms with Crippen LogP contribution in [0.4, 0.5) is 23.1 Å². The molecule has 1 aromatic heterocycles. The normalized spacial score (nSPS) is 10.4. The Morgan fingerprint density at radius 2 is 1.70 bits per heavy atom. The van der Waals surface area contributed by atoms with Gasteiger partial charge in [-0.2, -0.15) is 4.98 Å². The molecule has 0 radical (unpaired) electrons. The van der Waals surface area contributed by atoms with Crippen LogP contribution < -0.4 is 10.6 Å². The minimum atomic E-state index is 0.559. The van der Waals surface area contributed by atoms with E-state index >= 15 is 0 Å². The Morgan fingerprint density at radius 3 is 2.48 bits per heavy atom. The number of nitrogens with zero attached hydrogens (tertiary/aromatic N) is 2. The maximum atomic E-state index is 6.01. The van der Waals surface area contributed by atoms with Gasteiger partial charge in [0.05, 0.1) is 0 Å². The van der Waals surface area contributed by atoms with E-state index in [2.05, 4.69) is 20.6 Å². The molecule has 2 N–H and O–H groups in total. The molecule has 3 aromatic rings. The molecule has 0 saturated carbocycles. The van der Waals surface area contributed by atoms with E-state index < -0.39 is 0 Å². The number of aryl methyl sites for hydroxylation is 2. The number of para-hydroxylation sites is 1. The summed E-state index contributed by atoms with van der Waals surface area (Å²) in [5, 5.41) is 7.19. The van der Waals surface area contributed by atoms with Gasteiger partial charge in [-0.3, -0.25) is 0 Å². The van der Waals surface area contributed by atoms with Gasteiger partial charge in [-0.1, -0.05) is 35.9 Å². The predicted molar refractivity (Wildman–Crippen MR) is 96.0 cm³/mol. The zero-order valence-electron chi connectivity index (χ0n) is 13.0. The Labute approximate surface area is 140 Å². The Kier molecular flexibility index (Phi) is 4.44. The van der Waals surface area contributed by atoms with E-state index in [9.17, 15) is 0 Å². The highest BCUT2D eigenvalue weighted by Gasteiger charge is 2.05. The van der Waals surface area contributed by atoms with Crippen LogP contribution in [0.3, 0.4) is 0 Å². The smallest absolute Gasteiger partial charge is 0.229 e. The molecule has 116 valence electrons. The lowest BCUT2D eigenvalue weighted by Gasteiger charge is -2.11. The van der Waals surface area contributed by atoms with Gasteiger partial charge in [0.1, 0.15) is 5.82 Å². The summed E-state index contributed by atoms with van der Waals surface area (Å²) in [4.78, 5) is 8.96. The van der Waals surface area contributed by atoms with E-state index in [4.69, 9.17) is 11.6 Å². The zero-order chi connectivity index (χ0) is 16.2. The van der Waals surface area contributed by atoms with Crippen molar-refractivity contribution in [2.24, 2.45) is 0 Å². The molecule has 1 heterocycles. The number of hydrogen-bond donors (Lipinski definition) is 2. The van der Waals surface area contributed by atoms with Gasteiger partial charge >= 0.3 is 0 Å². The van der Waals surface area contributed by atoms with E-state index in [-0.39, 0.29) is 0 Å². The molecule has 5 heteroatoms. The zero-order valence-corrected chi connectivity index (χ0v) is 13.7. The lowest BCUT2D eigenvalue weighted by Crippen LogP contribution is -2.03. The van der Waals surface area contributed by atoms with Crippen molar-refractivity contribution in [1.29, 1.82) is 0 Å². The first kappa shape index (κ1) is 15.3. The minimum absolute atomic E-state index is 0.559. The molecule has 4 nitrogen and oxygen atoms in total. The fourth-order valence-electron chi connectivity index (χ4n) is 2.24. The Morgan fingerprint density at radius 1 is 0.870 bits per heavy atom. The fraction of sp³-hybridized carbons (Fsp3) is 0.111. The molecule has 0 unspecified atom stereocenters. The molecule has 23 heavy (non-hydrogen) atoms. The summed E-state index contributed by atoms with van der Waals surface area (Å²) in [6.45, 7) is 3.98. The van der Waals surface area contributed by atoms with Crippen LogP contribution in [0.15, 0.2) is 54.6 Å². The van der Waals surface area contributed by atoms with Crippen molar-refractivity contribution in [1.82, 2.24) is 9.97 Å². The molecule has 0 atom stereocenters. The van der Waals surface area contributed by atoms with Crippen LogP contribution in [0.2, 0.25) is 5.02 Å². The van der Waals surface area contributed by atoms with Crippen LogP contribution >= 0.6 is 11.6 Å². The van der Waals surface area contributed by atoms with Crippen LogP contribution in [0.25, 0.3) is 0 Å². The van der Waals surface area contributed by atoms with Gasteiger partial charge in [-0.15, -0.1) is 0 Å². The Bertz CT molecular complexity index is 833. The highest BCUT2D eigenvalue weighted by Crippen LogP contribution is 2.22. The van der Waals surface area contributed by atoms with Gasteiger partial charge < -0.3 is 10.6 Å². The second-order valence-electron chi connectivity index (χ2n) is 5.29.